The van der Waals surface area contributed by atoms with Gasteiger partial charge in [-0.15, -0.1) is 0 Å². The number of nitrogens with two attached hydrogens (primary N) is 1. The number of aryl methyl sites for hydroxylation is 1. The van der Waals surface area contributed by atoms with Gasteiger partial charge in [0, 0.05) is 12.5 Å². The van der Waals surface area contributed by atoms with Crippen LogP contribution in [0.1, 0.15) is 11.5 Å². The fourth-order valence-electron chi connectivity index (χ4n) is 1.80. The number of fused-ring (bicyclic) bond motifs is 1. The van der Waals surface area contributed by atoms with E-state index in [4.69, 9.17) is 15.4 Å². The van der Waals surface area contributed by atoms with Crippen LogP contribution in [-0.4, -0.2) is 15.0 Å². The van der Waals surface area contributed by atoms with Gasteiger partial charge in [-0.05, 0) is 18.2 Å². The number of anilines is 1. The van der Waals surface area contributed by atoms with Crippen molar-refractivity contribution in [3.63, 3.8) is 0 Å². The first-order chi connectivity index (χ1) is 9.17. The lowest BCUT2D eigenvalue weighted by molar-refractivity contribution is 0.561. The van der Waals surface area contributed by atoms with E-state index in [1.54, 1.807) is 6.92 Å². The summed E-state index contributed by atoms with van der Waals surface area (Å²) in [7, 11) is 0. The first-order valence-corrected chi connectivity index (χ1v) is 5.57. The Bertz CT molecular complexity index is 816. The predicted molar refractivity (Wildman–Crippen MR) is 68.9 cm³/mol. The summed E-state index contributed by atoms with van der Waals surface area (Å²) in [6.07, 6.45) is 1.41. The summed E-state index contributed by atoms with van der Waals surface area (Å²) >= 11 is 0. The quantitative estimate of drug-likeness (QED) is 0.710. The van der Waals surface area contributed by atoms with Gasteiger partial charge in [-0.1, -0.05) is 0 Å². The first-order valence-electron chi connectivity index (χ1n) is 5.57. The molecule has 0 bridgehead atoms. The van der Waals surface area contributed by atoms with Gasteiger partial charge in [-0.2, -0.15) is 5.26 Å². The smallest absolute Gasteiger partial charge is 0.192 e. The van der Waals surface area contributed by atoms with Gasteiger partial charge < -0.3 is 10.2 Å². The Hall–Kier alpha value is -2.94. The molecule has 92 valence electrons. The van der Waals surface area contributed by atoms with Crippen molar-refractivity contribution in [1.82, 2.24) is 15.0 Å². The van der Waals surface area contributed by atoms with Crippen LogP contribution in [0.25, 0.3) is 22.5 Å². The Morgan fingerprint density at radius 2 is 2.16 bits per heavy atom. The van der Waals surface area contributed by atoms with Crippen molar-refractivity contribution < 1.29 is 4.42 Å². The van der Waals surface area contributed by atoms with Crippen molar-refractivity contribution in [1.29, 1.82) is 5.26 Å². The zero-order valence-corrected chi connectivity index (χ0v) is 10.1. The van der Waals surface area contributed by atoms with Crippen LogP contribution < -0.4 is 5.73 Å². The fourth-order valence-corrected chi connectivity index (χ4v) is 1.80. The Labute approximate surface area is 108 Å². The van der Waals surface area contributed by atoms with Crippen LogP contribution in [0.3, 0.4) is 0 Å². The number of benzene rings is 1. The molecule has 19 heavy (non-hydrogen) atoms. The van der Waals surface area contributed by atoms with Gasteiger partial charge in [0.25, 0.3) is 0 Å². The molecule has 2 N–H and O–H groups in total. The van der Waals surface area contributed by atoms with E-state index < -0.39 is 0 Å². The standard InChI is InChI=1S/C13H9N5O/c1-7-17-10-4-8(2-3-11(10)19-7)13-16-6-9(5-14)12(15)18-13/h2-4,6H,1H3,(H2,15,16,18). The zero-order chi connectivity index (χ0) is 13.4. The van der Waals surface area contributed by atoms with Crippen molar-refractivity contribution >= 4 is 16.9 Å². The average molecular weight is 251 g/mol. The summed E-state index contributed by atoms with van der Waals surface area (Å²) in [6, 6.07) is 7.39. The molecule has 3 rings (SSSR count). The Kier molecular flexibility index (Phi) is 2.39. The monoisotopic (exact) mass is 251 g/mol. The average Bonchev–Trinajstić information content (AvgIpc) is 2.77. The zero-order valence-electron chi connectivity index (χ0n) is 10.1. The third kappa shape index (κ3) is 1.87. The number of hydrogen-bond acceptors (Lipinski definition) is 6. The summed E-state index contributed by atoms with van der Waals surface area (Å²) in [4.78, 5) is 12.5. The van der Waals surface area contributed by atoms with Crippen molar-refractivity contribution in [3.05, 3.63) is 35.9 Å². The van der Waals surface area contributed by atoms with Crippen LogP contribution in [0.2, 0.25) is 0 Å². The Morgan fingerprint density at radius 3 is 2.89 bits per heavy atom. The molecule has 0 aliphatic carbocycles. The lowest BCUT2D eigenvalue weighted by Gasteiger charge is -2.01. The van der Waals surface area contributed by atoms with Crippen molar-refractivity contribution in [3.8, 4) is 17.5 Å². The minimum atomic E-state index is 0.170. The van der Waals surface area contributed by atoms with Gasteiger partial charge in [0.2, 0.25) is 0 Å². The highest BCUT2D eigenvalue weighted by molar-refractivity contribution is 5.78. The largest absolute Gasteiger partial charge is 0.441 e. The normalized spacial score (nSPS) is 10.5. The van der Waals surface area contributed by atoms with Gasteiger partial charge in [0.1, 0.15) is 23.0 Å². The molecule has 2 heterocycles. The van der Waals surface area contributed by atoms with E-state index in [1.165, 1.54) is 6.20 Å². The number of nitrogen functional groups attached to an aromatic ring is 1. The molecule has 2 aromatic heterocycles. The molecular formula is C13H9N5O. The number of rotatable bonds is 1. The maximum absolute atomic E-state index is 8.79. The summed E-state index contributed by atoms with van der Waals surface area (Å²) < 4.78 is 5.40. The first kappa shape index (κ1) is 11.2. The lowest BCUT2D eigenvalue weighted by atomic mass is 10.2. The lowest BCUT2D eigenvalue weighted by Crippen LogP contribution is -1.98. The summed E-state index contributed by atoms with van der Waals surface area (Å²) in [6.45, 7) is 1.79. The van der Waals surface area contributed by atoms with Crippen LogP contribution in [0, 0.1) is 18.3 Å². The molecule has 0 fully saturated rings. The second kappa shape index (κ2) is 4.07. The van der Waals surface area contributed by atoms with E-state index in [9.17, 15) is 0 Å². The third-order valence-electron chi connectivity index (χ3n) is 2.69. The summed E-state index contributed by atoms with van der Waals surface area (Å²) in [5.41, 5.74) is 8.17. The highest BCUT2D eigenvalue weighted by Gasteiger charge is 2.09. The molecule has 0 saturated heterocycles. The molecule has 6 nitrogen and oxygen atoms in total. The van der Waals surface area contributed by atoms with Crippen LogP contribution in [0.15, 0.2) is 28.8 Å². The second-order valence-electron chi connectivity index (χ2n) is 4.02. The molecule has 0 radical (unpaired) electrons. The van der Waals surface area contributed by atoms with Crippen molar-refractivity contribution in [2.45, 2.75) is 6.92 Å². The van der Waals surface area contributed by atoms with Gasteiger partial charge >= 0.3 is 0 Å². The molecule has 0 atom stereocenters. The highest BCUT2D eigenvalue weighted by Crippen LogP contribution is 2.23. The van der Waals surface area contributed by atoms with Crippen LogP contribution in [-0.2, 0) is 0 Å². The van der Waals surface area contributed by atoms with Crippen molar-refractivity contribution in [2.75, 3.05) is 5.73 Å². The molecule has 0 spiro atoms. The maximum atomic E-state index is 8.79. The Balaban J connectivity index is 2.13. The Morgan fingerprint density at radius 1 is 1.32 bits per heavy atom. The number of nitrogens with zero attached hydrogens (tertiary/aromatic N) is 4. The fraction of sp³-hybridized carbons (Fsp3) is 0.0769. The van der Waals surface area contributed by atoms with Gasteiger partial charge in [-0.3, -0.25) is 0 Å². The summed E-state index contributed by atoms with van der Waals surface area (Å²) in [5, 5.41) is 8.79. The van der Waals surface area contributed by atoms with Crippen LogP contribution in [0.4, 0.5) is 5.82 Å². The maximum Gasteiger partial charge on any atom is 0.192 e. The van der Waals surface area contributed by atoms with E-state index >= 15 is 0 Å². The van der Waals surface area contributed by atoms with E-state index in [0.717, 1.165) is 11.1 Å². The topological polar surface area (TPSA) is 102 Å². The number of nitriles is 1. The van der Waals surface area contributed by atoms with E-state index in [2.05, 4.69) is 15.0 Å². The van der Waals surface area contributed by atoms with Crippen molar-refractivity contribution in [2.24, 2.45) is 0 Å². The molecule has 1 aromatic carbocycles. The van der Waals surface area contributed by atoms with E-state index in [0.29, 0.717) is 17.3 Å². The van der Waals surface area contributed by atoms with E-state index in [1.807, 2.05) is 24.3 Å². The SMILES string of the molecule is Cc1nc2cc(-c3ncc(C#N)c(N)n3)ccc2o1. The summed E-state index contributed by atoms with van der Waals surface area (Å²) in [5.74, 6) is 1.23. The molecule has 0 unspecified atom stereocenters. The van der Waals surface area contributed by atoms with Gasteiger partial charge in [0.15, 0.2) is 17.3 Å². The van der Waals surface area contributed by atoms with Gasteiger partial charge in [0.05, 0.1) is 6.20 Å². The van der Waals surface area contributed by atoms with Crippen LogP contribution in [0.5, 0.6) is 0 Å². The second-order valence-corrected chi connectivity index (χ2v) is 4.02. The number of aromatic nitrogens is 3. The minimum absolute atomic E-state index is 0.170. The molecule has 0 saturated carbocycles. The molecule has 0 aliphatic rings. The number of oxazole rings is 1. The highest BCUT2D eigenvalue weighted by atomic mass is 16.3. The molecular weight excluding hydrogens is 242 g/mol. The predicted octanol–water partition coefficient (Wildman–Crippen LogP) is 2.05. The van der Waals surface area contributed by atoms with Gasteiger partial charge in [-0.25, -0.2) is 15.0 Å². The van der Waals surface area contributed by atoms with Crippen LogP contribution >= 0.6 is 0 Å². The minimum Gasteiger partial charge on any atom is -0.441 e. The molecule has 6 heteroatoms. The third-order valence-corrected chi connectivity index (χ3v) is 2.69. The number of hydrogen-bond donors (Lipinski definition) is 1. The molecule has 0 aliphatic heterocycles. The molecule has 0 amide bonds. The molecule has 3 aromatic rings. The van der Waals surface area contributed by atoms with E-state index in [-0.39, 0.29) is 11.4 Å².